The van der Waals surface area contributed by atoms with E-state index in [0.717, 1.165) is 6.42 Å². The van der Waals surface area contributed by atoms with Gasteiger partial charge in [0.15, 0.2) is 0 Å². The minimum absolute atomic E-state index is 0.00636. The molecule has 0 aliphatic rings. The lowest BCUT2D eigenvalue weighted by atomic mass is 10.0. The predicted octanol–water partition coefficient (Wildman–Crippen LogP) is 1.23. The van der Waals surface area contributed by atoms with Crippen molar-refractivity contribution >= 4 is 5.91 Å². The number of pyridine rings is 1. The first-order chi connectivity index (χ1) is 8.41. The van der Waals surface area contributed by atoms with Gasteiger partial charge in [-0.2, -0.15) is 0 Å². The molecular formula is C13H21N3O2. The number of carbonyl (C=O) groups excluding carboxylic acids is 1. The highest BCUT2D eigenvalue weighted by atomic mass is 16.3. The summed E-state index contributed by atoms with van der Waals surface area (Å²) in [6.07, 6.45) is 3.50. The van der Waals surface area contributed by atoms with Crippen LogP contribution in [0.2, 0.25) is 0 Å². The Labute approximate surface area is 108 Å². The van der Waals surface area contributed by atoms with E-state index in [9.17, 15) is 9.90 Å². The molecule has 1 aromatic rings. The van der Waals surface area contributed by atoms with Crippen LogP contribution in [0.3, 0.4) is 0 Å². The SMILES string of the molecule is CC(C)C(N)CCN(C)C(=O)c1cncc(O)c1. The van der Waals surface area contributed by atoms with Crippen molar-refractivity contribution in [2.45, 2.75) is 26.3 Å². The lowest BCUT2D eigenvalue weighted by Gasteiger charge is -2.21. The van der Waals surface area contributed by atoms with Crippen LogP contribution in [0.15, 0.2) is 18.5 Å². The van der Waals surface area contributed by atoms with Gasteiger partial charge in [-0.05, 0) is 18.4 Å². The molecule has 18 heavy (non-hydrogen) atoms. The normalized spacial score (nSPS) is 12.5. The minimum atomic E-state index is -0.158. The molecule has 0 saturated heterocycles. The summed E-state index contributed by atoms with van der Waals surface area (Å²) in [4.78, 5) is 17.4. The third kappa shape index (κ3) is 4.00. The van der Waals surface area contributed by atoms with E-state index in [0.29, 0.717) is 18.0 Å². The molecule has 0 aliphatic heterocycles. The fourth-order valence-corrected chi connectivity index (χ4v) is 1.54. The Morgan fingerprint density at radius 3 is 2.72 bits per heavy atom. The Morgan fingerprint density at radius 1 is 1.50 bits per heavy atom. The second-order valence-electron chi connectivity index (χ2n) is 4.86. The molecule has 0 bridgehead atoms. The van der Waals surface area contributed by atoms with Crippen molar-refractivity contribution < 1.29 is 9.90 Å². The van der Waals surface area contributed by atoms with Crippen molar-refractivity contribution in [2.75, 3.05) is 13.6 Å². The number of hydrogen-bond donors (Lipinski definition) is 2. The van der Waals surface area contributed by atoms with Gasteiger partial charge in [0, 0.05) is 25.8 Å². The first-order valence-corrected chi connectivity index (χ1v) is 6.07. The van der Waals surface area contributed by atoms with Gasteiger partial charge in [-0.3, -0.25) is 9.78 Å². The van der Waals surface area contributed by atoms with E-state index in [-0.39, 0.29) is 17.7 Å². The monoisotopic (exact) mass is 251 g/mol. The summed E-state index contributed by atoms with van der Waals surface area (Å²) >= 11 is 0. The molecule has 0 radical (unpaired) electrons. The van der Waals surface area contributed by atoms with Crippen LogP contribution in [0.4, 0.5) is 0 Å². The highest BCUT2D eigenvalue weighted by Crippen LogP contribution is 2.11. The third-order valence-corrected chi connectivity index (χ3v) is 2.97. The van der Waals surface area contributed by atoms with E-state index in [1.54, 1.807) is 11.9 Å². The van der Waals surface area contributed by atoms with Gasteiger partial charge in [-0.25, -0.2) is 0 Å². The van der Waals surface area contributed by atoms with Gasteiger partial charge in [0.1, 0.15) is 5.75 Å². The molecule has 1 atom stereocenters. The Bertz CT molecular complexity index is 407. The number of nitrogens with zero attached hydrogens (tertiary/aromatic N) is 2. The fraction of sp³-hybridized carbons (Fsp3) is 0.538. The van der Waals surface area contributed by atoms with Gasteiger partial charge in [-0.1, -0.05) is 13.8 Å². The molecule has 0 fully saturated rings. The lowest BCUT2D eigenvalue weighted by molar-refractivity contribution is 0.0788. The first kappa shape index (κ1) is 14.4. The largest absolute Gasteiger partial charge is 0.506 e. The van der Waals surface area contributed by atoms with Crippen LogP contribution in [-0.4, -0.2) is 40.5 Å². The van der Waals surface area contributed by atoms with E-state index in [4.69, 9.17) is 5.73 Å². The molecule has 5 heteroatoms. The van der Waals surface area contributed by atoms with Crippen molar-refractivity contribution in [1.82, 2.24) is 9.88 Å². The van der Waals surface area contributed by atoms with Gasteiger partial charge in [0.05, 0.1) is 11.8 Å². The number of hydrogen-bond acceptors (Lipinski definition) is 4. The lowest BCUT2D eigenvalue weighted by Crippen LogP contribution is -2.34. The molecule has 1 unspecified atom stereocenters. The van der Waals surface area contributed by atoms with Crippen LogP contribution in [0, 0.1) is 5.92 Å². The molecule has 0 saturated carbocycles. The highest BCUT2D eigenvalue weighted by Gasteiger charge is 2.15. The van der Waals surface area contributed by atoms with Crippen molar-refractivity contribution in [3.8, 4) is 5.75 Å². The van der Waals surface area contributed by atoms with E-state index < -0.39 is 0 Å². The van der Waals surface area contributed by atoms with Gasteiger partial charge in [0.2, 0.25) is 0 Å². The van der Waals surface area contributed by atoms with Crippen molar-refractivity contribution in [3.63, 3.8) is 0 Å². The zero-order valence-electron chi connectivity index (χ0n) is 11.1. The summed E-state index contributed by atoms with van der Waals surface area (Å²) in [5, 5.41) is 9.28. The van der Waals surface area contributed by atoms with Crippen LogP contribution >= 0.6 is 0 Å². The van der Waals surface area contributed by atoms with E-state index in [2.05, 4.69) is 18.8 Å². The predicted molar refractivity (Wildman–Crippen MR) is 70.3 cm³/mol. The van der Waals surface area contributed by atoms with Crippen molar-refractivity contribution in [3.05, 3.63) is 24.0 Å². The molecular weight excluding hydrogens is 230 g/mol. The molecule has 1 heterocycles. The summed E-state index contributed by atoms with van der Waals surface area (Å²) in [6.45, 7) is 4.71. The highest BCUT2D eigenvalue weighted by molar-refractivity contribution is 5.94. The summed E-state index contributed by atoms with van der Waals surface area (Å²) in [6, 6.07) is 1.50. The number of aromatic nitrogens is 1. The van der Waals surface area contributed by atoms with Gasteiger partial charge in [-0.15, -0.1) is 0 Å². The summed E-state index contributed by atoms with van der Waals surface area (Å²) in [5.74, 6) is 0.235. The first-order valence-electron chi connectivity index (χ1n) is 6.07. The Morgan fingerprint density at radius 2 is 2.17 bits per heavy atom. The number of rotatable bonds is 5. The standard InChI is InChI=1S/C13H21N3O2/c1-9(2)12(14)4-5-16(3)13(18)10-6-11(17)8-15-7-10/h6-9,12,17H,4-5,14H2,1-3H3. The average molecular weight is 251 g/mol. The molecule has 5 nitrogen and oxygen atoms in total. The van der Waals surface area contributed by atoms with Gasteiger partial charge < -0.3 is 15.7 Å². The van der Waals surface area contributed by atoms with Crippen LogP contribution in [0.25, 0.3) is 0 Å². The quantitative estimate of drug-likeness (QED) is 0.825. The molecule has 1 amide bonds. The smallest absolute Gasteiger partial charge is 0.255 e. The third-order valence-electron chi connectivity index (χ3n) is 2.97. The average Bonchev–Trinajstić information content (AvgIpc) is 2.34. The fourth-order valence-electron chi connectivity index (χ4n) is 1.54. The Kier molecular flexibility index (Phi) is 5.09. The maximum Gasteiger partial charge on any atom is 0.255 e. The van der Waals surface area contributed by atoms with E-state index >= 15 is 0 Å². The zero-order chi connectivity index (χ0) is 13.7. The molecule has 0 aromatic carbocycles. The van der Waals surface area contributed by atoms with Gasteiger partial charge >= 0.3 is 0 Å². The van der Waals surface area contributed by atoms with E-state index in [1.807, 2.05) is 0 Å². The molecule has 3 N–H and O–H groups in total. The second-order valence-corrected chi connectivity index (χ2v) is 4.86. The van der Waals surface area contributed by atoms with Crippen molar-refractivity contribution in [1.29, 1.82) is 0 Å². The zero-order valence-corrected chi connectivity index (χ0v) is 11.1. The number of aromatic hydroxyl groups is 1. The minimum Gasteiger partial charge on any atom is -0.506 e. The van der Waals surface area contributed by atoms with E-state index in [1.165, 1.54) is 18.5 Å². The van der Waals surface area contributed by atoms with Crippen LogP contribution in [0.5, 0.6) is 5.75 Å². The molecule has 0 spiro atoms. The molecule has 1 rings (SSSR count). The Balaban J connectivity index is 2.57. The van der Waals surface area contributed by atoms with Crippen LogP contribution in [0.1, 0.15) is 30.6 Å². The molecule has 0 aliphatic carbocycles. The number of nitrogens with two attached hydrogens (primary N) is 1. The van der Waals surface area contributed by atoms with Gasteiger partial charge in [0.25, 0.3) is 5.91 Å². The van der Waals surface area contributed by atoms with Crippen molar-refractivity contribution in [2.24, 2.45) is 11.7 Å². The summed E-state index contributed by atoms with van der Waals surface area (Å²) in [7, 11) is 1.72. The van der Waals surface area contributed by atoms with Crippen LogP contribution < -0.4 is 5.73 Å². The Hall–Kier alpha value is -1.62. The summed E-state index contributed by atoms with van der Waals surface area (Å²) < 4.78 is 0. The molecule has 100 valence electrons. The topological polar surface area (TPSA) is 79.5 Å². The molecule has 1 aromatic heterocycles. The maximum atomic E-state index is 12.0. The van der Waals surface area contributed by atoms with Crippen LogP contribution in [-0.2, 0) is 0 Å². The number of carbonyl (C=O) groups is 1. The number of amides is 1. The second kappa shape index (κ2) is 6.35. The summed E-state index contributed by atoms with van der Waals surface area (Å²) in [5.41, 5.74) is 6.32. The maximum absolute atomic E-state index is 12.0.